The van der Waals surface area contributed by atoms with Crippen LogP contribution in [0.5, 0.6) is 0 Å². The Labute approximate surface area is 198 Å². The number of pyridine rings is 1. The Kier molecular flexibility index (Phi) is 6.44. The second kappa shape index (κ2) is 9.97. The van der Waals surface area contributed by atoms with Crippen LogP contribution in [-0.4, -0.2) is 51.1 Å². The molecular formula is C27H29N5O2. The van der Waals surface area contributed by atoms with E-state index >= 15 is 0 Å². The number of hydrogen-bond donors (Lipinski definition) is 4. The molecule has 4 N–H and O–H groups in total. The van der Waals surface area contributed by atoms with Crippen molar-refractivity contribution in [2.75, 3.05) is 23.8 Å². The van der Waals surface area contributed by atoms with E-state index in [0.717, 1.165) is 46.4 Å². The summed E-state index contributed by atoms with van der Waals surface area (Å²) < 4.78 is 0. The van der Waals surface area contributed by atoms with Gasteiger partial charge in [-0.25, -0.2) is 0 Å². The number of carbonyl (C=O) groups is 1. The lowest BCUT2D eigenvalue weighted by molar-refractivity contribution is -0.133. The summed E-state index contributed by atoms with van der Waals surface area (Å²) in [6, 6.07) is 19.4. The number of nitrogens with one attached hydrogen (secondary N) is 3. The minimum absolute atomic E-state index is 0.000910. The van der Waals surface area contributed by atoms with Crippen LogP contribution < -0.4 is 10.6 Å². The first-order valence-electron chi connectivity index (χ1n) is 11.7. The molecule has 7 nitrogen and oxygen atoms in total. The Morgan fingerprint density at radius 3 is 2.59 bits per heavy atom. The minimum atomic E-state index is -0.439. The van der Waals surface area contributed by atoms with Gasteiger partial charge in [0.05, 0.1) is 12.6 Å². The summed E-state index contributed by atoms with van der Waals surface area (Å²) in [5.74, 6) is 0.0285. The van der Waals surface area contributed by atoms with Gasteiger partial charge >= 0.3 is 0 Å². The van der Waals surface area contributed by atoms with Crippen molar-refractivity contribution in [1.82, 2.24) is 14.9 Å². The summed E-state index contributed by atoms with van der Waals surface area (Å²) in [5.41, 5.74) is 4.95. The first kappa shape index (κ1) is 22.0. The third-order valence-electron chi connectivity index (χ3n) is 6.46. The summed E-state index contributed by atoms with van der Waals surface area (Å²) in [4.78, 5) is 22.8. The number of carbonyl (C=O) groups excluding carboxylic acids is 1. The van der Waals surface area contributed by atoms with Gasteiger partial charge in [-0.3, -0.25) is 9.78 Å². The van der Waals surface area contributed by atoms with Crippen molar-refractivity contribution in [3.8, 4) is 0 Å². The van der Waals surface area contributed by atoms with Gasteiger partial charge in [0, 0.05) is 59.5 Å². The van der Waals surface area contributed by atoms with Crippen molar-refractivity contribution in [2.24, 2.45) is 0 Å². The maximum Gasteiger partial charge on any atom is 0.245 e. The molecule has 1 amide bonds. The van der Waals surface area contributed by atoms with Gasteiger partial charge in [0.1, 0.15) is 6.04 Å². The van der Waals surface area contributed by atoms with Gasteiger partial charge in [0.15, 0.2) is 0 Å². The van der Waals surface area contributed by atoms with E-state index in [1.54, 1.807) is 12.4 Å². The number of H-pyrrole nitrogens is 1. The molecule has 3 heterocycles. The second-order valence-electron chi connectivity index (χ2n) is 8.71. The van der Waals surface area contributed by atoms with Gasteiger partial charge in [-0.2, -0.15) is 0 Å². The maximum atomic E-state index is 13.6. The van der Waals surface area contributed by atoms with Gasteiger partial charge in [-0.1, -0.05) is 18.2 Å². The molecule has 1 aliphatic rings. The number of hydrogen-bond acceptors (Lipinski definition) is 5. The van der Waals surface area contributed by atoms with Crippen molar-refractivity contribution < 1.29 is 9.90 Å². The number of para-hydroxylation sites is 1. The number of likely N-dealkylation sites (tertiary alicyclic amines) is 1. The number of fused-ring (bicyclic) bond motifs is 1. The second-order valence-corrected chi connectivity index (χ2v) is 8.71. The van der Waals surface area contributed by atoms with Gasteiger partial charge in [-0.15, -0.1) is 0 Å². The van der Waals surface area contributed by atoms with Crippen molar-refractivity contribution in [3.05, 3.63) is 84.8 Å². The zero-order chi connectivity index (χ0) is 23.3. The zero-order valence-corrected chi connectivity index (χ0v) is 18.9. The zero-order valence-electron chi connectivity index (χ0n) is 18.9. The Morgan fingerprint density at radius 2 is 1.79 bits per heavy atom. The molecule has 0 spiro atoms. The van der Waals surface area contributed by atoms with E-state index in [-0.39, 0.29) is 18.6 Å². The summed E-state index contributed by atoms with van der Waals surface area (Å²) in [7, 11) is 0. The number of aliphatic hydroxyl groups excluding tert-OH is 1. The monoisotopic (exact) mass is 455 g/mol. The lowest BCUT2D eigenvalue weighted by Crippen LogP contribution is -2.47. The Hall–Kier alpha value is -3.84. The number of benzene rings is 2. The molecule has 34 heavy (non-hydrogen) atoms. The molecule has 0 saturated carbocycles. The van der Waals surface area contributed by atoms with Crippen LogP contribution in [-0.2, 0) is 11.2 Å². The van der Waals surface area contributed by atoms with Gasteiger partial charge < -0.3 is 25.6 Å². The molecule has 1 fully saturated rings. The Balaban J connectivity index is 1.37. The molecule has 0 radical (unpaired) electrons. The van der Waals surface area contributed by atoms with E-state index in [2.05, 4.69) is 26.7 Å². The third-order valence-corrected chi connectivity index (χ3v) is 6.46. The van der Waals surface area contributed by atoms with E-state index in [1.165, 1.54) is 0 Å². The first-order valence-corrected chi connectivity index (χ1v) is 11.7. The predicted molar refractivity (Wildman–Crippen MR) is 135 cm³/mol. The van der Waals surface area contributed by atoms with E-state index < -0.39 is 6.04 Å². The summed E-state index contributed by atoms with van der Waals surface area (Å²) in [6.45, 7) is 0.686. The number of rotatable bonds is 8. The van der Waals surface area contributed by atoms with Crippen LogP contribution in [0.4, 0.5) is 17.1 Å². The maximum absolute atomic E-state index is 13.6. The lowest BCUT2D eigenvalue weighted by atomic mass is 10.0. The van der Waals surface area contributed by atoms with Gasteiger partial charge in [-0.05, 0) is 60.9 Å². The van der Waals surface area contributed by atoms with Crippen LogP contribution in [0.15, 0.2) is 79.3 Å². The molecule has 174 valence electrons. The molecular weight excluding hydrogens is 426 g/mol. The smallest absolute Gasteiger partial charge is 0.245 e. The SMILES string of the molecule is O=C([C@H](Cc1c[nH]c2ccccc12)Nc1ccc(Nc2ccncc2)cc1)N1CCC[C@H]1CO. The highest BCUT2D eigenvalue weighted by molar-refractivity contribution is 5.88. The highest BCUT2D eigenvalue weighted by Gasteiger charge is 2.33. The van der Waals surface area contributed by atoms with Crippen LogP contribution in [0.2, 0.25) is 0 Å². The highest BCUT2D eigenvalue weighted by Crippen LogP contribution is 2.25. The van der Waals surface area contributed by atoms with Crippen molar-refractivity contribution >= 4 is 33.9 Å². The standard InChI is InChI=1S/C27H29N5O2/c33-18-23-4-3-15-32(23)27(34)26(16-19-17-29-25-6-2-1-5-24(19)25)31-21-9-7-20(8-10-21)30-22-11-13-28-14-12-22/h1-2,5-14,17,23,26,29,31,33H,3-4,15-16,18H2,(H,28,30)/t23-,26-/m0/s1. The molecule has 5 rings (SSSR count). The molecule has 2 atom stereocenters. The number of aromatic amines is 1. The minimum Gasteiger partial charge on any atom is -0.394 e. The van der Waals surface area contributed by atoms with Gasteiger partial charge in [0.25, 0.3) is 0 Å². The van der Waals surface area contributed by atoms with E-state index in [9.17, 15) is 9.90 Å². The van der Waals surface area contributed by atoms with E-state index in [0.29, 0.717) is 13.0 Å². The molecule has 0 bridgehead atoms. The number of amides is 1. The van der Waals surface area contributed by atoms with Crippen LogP contribution in [0.25, 0.3) is 10.9 Å². The predicted octanol–water partition coefficient (Wildman–Crippen LogP) is 4.31. The summed E-state index contributed by atoms with van der Waals surface area (Å²) in [6.07, 6.45) is 7.80. The molecule has 0 aliphatic carbocycles. The third kappa shape index (κ3) is 4.75. The largest absolute Gasteiger partial charge is 0.394 e. The molecule has 7 heteroatoms. The summed E-state index contributed by atoms with van der Waals surface area (Å²) in [5, 5.41) is 17.7. The topological polar surface area (TPSA) is 93.3 Å². The number of anilines is 3. The molecule has 4 aromatic rings. The number of aromatic nitrogens is 2. The van der Waals surface area contributed by atoms with E-state index in [4.69, 9.17) is 0 Å². The molecule has 0 unspecified atom stereocenters. The van der Waals surface area contributed by atoms with Gasteiger partial charge in [0.2, 0.25) is 5.91 Å². The lowest BCUT2D eigenvalue weighted by Gasteiger charge is -2.29. The fourth-order valence-electron chi connectivity index (χ4n) is 4.69. The van der Waals surface area contributed by atoms with Crippen molar-refractivity contribution in [1.29, 1.82) is 0 Å². The van der Waals surface area contributed by atoms with Crippen LogP contribution >= 0.6 is 0 Å². The van der Waals surface area contributed by atoms with Crippen LogP contribution in [0.1, 0.15) is 18.4 Å². The number of aliphatic hydroxyl groups is 1. The van der Waals surface area contributed by atoms with Crippen LogP contribution in [0, 0.1) is 0 Å². The molecule has 1 saturated heterocycles. The highest BCUT2D eigenvalue weighted by atomic mass is 16.3. The van der Waals surface area contributed by atoms with Crippen molar-refractivity contribution in [2.45, 2.75) is 31.3 Å². The molecule has 1 aliphatic heterocycles. The summed E-state index contributed by atoms with van der Waals surface area (Å²) >= 11 is 0. The first-order chi connectivity index (χ1) is 16.7. The normalized spacial score (nSPS) is 16.5. The van der Waals surface area contributed by atoms with Crippen LogP contribution in [0.3, 0.4) is 0 Å². The van der Waals surface area contributed by atoms with E-state index in [1.807, 2.05) is 65.7 Å². The number of nitrogens with zero attached hydrogens (tertiary/aromatic N) is 2. The Morgan fingerprint density at radius 1 is 1.06 bits per heavy atom. The quantitative estimate of drug-likeness (QED) is 0.318. The Bertz CT molecular complexity index is 1240. The fraction of sp³-hybridized carbons (Fsp3) is 0.259. The molecule has 2 aromatic heterocycles. The average molecular weight is 456 g/mol. The average Bonchev–Trinajstić information content (AvgIpc) is 3.52. The fourth-order valence-corrected chi connectivity index (χ4v) is 4.69. The van der Waals surface area contributed by atoms with Crippen molar-refractivity contribution in [3.63, 3.8) is 0 Å². The molecule has 2 aromatic carbocycles.